The summed E-state index contributed by atoms with van der Waals surface area (Å²) in [5, 5.41) is 5.66. The van der Waals surface area contributed by atoms with Gasteiger partial charge in [-0.2, -0.15) is 0 Å². The summed E-state index contributed by atoms with van der Waals surface area (Å²) in [4.78, 5) is 24.6. The van der Waals surface area contributed by atoms with E-state index in [-0.39, 0.29) is 17.9 Å². The van der Waals surface area contributed by atoms with E-state index in [0.29, 0.717) is 18.0 Å². The Morgan fingerprint density at radius 2 is 1.24 bits per heavy atom. The fourth-order valence-corrected chi connectivity index (χ4v) is 2.67. The molecule has 3 unspecified atom stereocenters. The molecule has 0 aliphatic carbocycles. The van der Waals surface area contributed by atoms with Crippen LogP contribution in [0.25, 0.3) is 0 Å². The molecular formula is C23H30N2O4. The van der Waals surface area contributed by atoms with E-state index in [9.17, 15) is 9.59 Å². The van der Waals surface area contributed by atoms with Gasteiger partial charge in [0.25, 0.3) is 11.8 Å². The van der Waals surface area contributed by atoms with E-state index in [0.717, 1.165) is 11.1 Å². The average molecular weight is 399 g/mol. The molecule has 6 nitrogen and oxygen atoms in total. The summed E-state index contributed by atoms with van der Waals surface area (Å²) in [7, 11) is 0. The second-order valence-electron chi connectivity index (χ2n) is 7.21. The Labute approximate surface area is 172 Å². The van der Waals surface area contributed by atoms with Crippen LogP contribution in [-0.2, 0) is 9.59 Å². The van der Waals surface area contributed by atoms with E-state index >= 15 is 0 Å². The lowest BCUT2D eigenvalue weighted by Gasteiger charge is -2.21. The highest BCUT2D eigenvalue weighted by molar-refractivity contribution is 5.82. The molecular weight excluding hydrogens is 368 g/mol. The molecule has 2 amide bonds. The van der Waals surface area contributed by atoms with Crippen LogP contribution in [0.3, 0.4) is 0 Å². The van der Waals surface area contributed by atoms with Gasteiger partial charge in [-0.1, -0.05) is 36.4 Å². The number of hydrogen-bond acceptors (Lipinski definition) is 4. The monoisotopic (exact) mass is 398 g/mol. The Morgan fingerprint density at radius 3 is 1.72 bits per heavy atom. The van der Waals surface area contributed by atoms with Gasteiger partial charge in [0.05, 0.1) is 0 Å². The zero-order valence-corrected chi connectivity index (χ0v) is 17.7. The third-order valence-electron chi connectivity index (χ3n) is 4.50. The number of carbonyl (C=O) groups is 2. The van der Waals surface area contributed by atoms with Gasteiger partial charge in [-0.05, 0) is 57.9 Å². The first-order valence-corrected chi connectivity index (χ1v) is 9.80. The first kappa shape index (κ1) is 22.3. The van der Waals surface area contributed by atoms with Crippen LogP contribution in [-0.4, -0.2) is 36.6 Å². The Kier molecular flexibility index (Phi) is 8.07. The summed E-state index contributed by atoms with van der Waals surface area (Å²) < 4.78 is 11.4. The Morgan fingerprint density at radius 1 is 0.793 bits per heavy atom. The molecule has 6 heteroatoms. The normalized spacial score (nSPS) is 13.7. The summed E-state index contributed by atoms with van der Waals surface area (Å²) in [5.41, 5.74) is 1.94. The van der Waals surface area contributed by atoms with E-state index in [2.05, 4.69) is 10.6 Å². The summed E-state index contributed by atoms with van der Waals surface area (Å²) >= 11 is 0. The average Bonchev–Trinajstić information content (AvgIpc) is 2.69. The second kappa shape index (κ2) is 10.5. The molecule has 0 spiro atoms. The molecule has 156 valence electrons. The first-order chi connectivity index (χ1) is 13.8. The molecule has 2 N–H and O–H groups in total. The summed E-state index contributed by atoms with van der Waals surface area (Å²) in [5.74, 6) is 0.884. The molecule has 0 aliphatic heterocycles. The highest BCUT2D eigenvalue weighted by atomic mass is 16.5. The number of ether oxygens (including phenoxy) is 2. The van der Waals surface area contributed by atoms with Gasteiger partial charge in [0.1, 0.15) is 11.5 Å². The van der Waals surface area contributed by atoms with Crippen molar-refractivity contribution in [3.8, 4) is 11.5 Å². The smallest absolute Gasteiger partial charge is 0.261 e. The van der Waals surface area contributed by atoms with Crippen LogP contribution < -0.4 is 20.1 Å². The van der Waals surface area contributed by atoms with Crippen molar-refractivity contribution in [3.63, 3.8) is 0 Å². The van der Waals surface area contributed by atoms with Crippen LogP contribution in [0.2, 0.25) is 0 Å². The van der Waals surface area contributed by atoms with Crippen molar-refractivity contribution in [2.24, 2.45) is 0 Å². The summed E-state index contributed by atoms with van der Waals surface area (Å²) in [6, 6.07) is 14.8. The Hall–Kier alpha value is -3.02. The van der Waals surface area contributed by atoms with Gasteiger partial charge in [-0.3, -0.25) is 9.59 Å². The minimum atomic E-state index is -0.641. The van der Waals surface area contributed by atoms with Crippen molar-refractivity contribution in [1.82, 2.24) is 10.6 Å². The van der Waals surface area contributed by atoms with Gasteiger partial charge in [-0.15, -0.1) is 0 Å². The van der Waals surface area contributed by atoms with Crippen LogP contribution >= 0.6 is 0 Å². The van der Waals surface area contributed by atoms with Crippen molar-refractivity contribution in [3.05, 3.63) is 59.7 Å². The molecule has 29 heavy (non-hydrogen) atoms. The Balaban J connectivity index is 1.77. The van der Waals surface area contributed by atoms with Gasteiger partial charge in [0.15, 0.2) is 12.2 Å². The molecule has 2 aromatic rings. The van der Waals surface area contributed by atoms with E-state index in [4.69, 9.17) is 9.47 Å². The van der Waals surface area contributed by atoms with E-state index in [1.807, 2.05) is 69.3 Å². The number of hydrogen-bond donors (Lipinski definition) is 2. The SMILES string of the molecule is Cc1ccccc1OC(C)C(=O)NCC(C)NC(=O)C(C)Oc1ccccc1C. The number of rotatable bonds is 9. The van der Waals surface area contributed by atoms with E-state index < -0.39 is 12.2 Å². The van der Waals surface area contributed by atoms with Crippen molar-refractivity contribution < 1.29 is 19.1 Å². The Bertz CT molecular complexity index is 837. The zero-order chi connectivity index (χ0) is 21.4. The maximum Gasteiger partial charge on any atom is 0.261 e. The standard InChI is InChI=1S/C23H30N2O4/c1-15-10-6-8-12-20(15)28-18(4)22(26)24-14-17(3)25-23(27)19(5)29-21-13-9-7-11-16(21)2/h6-13,17-19H,14H2,1-5H3,(H,24,26)(H,25,27). The third kappa shape index (κ3) is 6.82. The number of carbonyl (C=O) groups excluding carboxylic acids is 2. The minimum absolute atomic E-state index is 0.237. The van der Waals surface area contributed by atoms with E-state index in [1.165, 1.54) is 0 Å². The maximum absolute atomic E-state index is 12.4. The maximum atomic E-state index is 12.4. The van der Waals surface area contributed by atoms with E-state index in [1.54, 1.807) is 13.8 Å². The molecule has 0 bridgehead atoms. The number of nitrogens with one attached hydrogen (secondary N) is 2. The van der Waals surface area contributed by atoms with Gasteiger partial charge in [-0.25, -0.2) is 0 Å². The number of benzene rings is 2. The molecule has 2 rings (SSSR count). The fraction of sp³-hybridized carbons (Fsp3) is 0.391. The number of para-hydroxylation sites is 2. The molecule has 2 aromatic carbocycles. The highest BCUT2D eigenvalue weighted by Crippen LogP contribution is 2.18. The van der Waals surface area contributed by atoms with Crippen LogP contribution in [0.1, 0.15) is 31.9 Å². The predicted molar refractivity (Wildman–Crippen MR) is 113 cm³/mol. The summed E-state index contributed by atoms with van der Waals surface area (Å²) in [6.07, 6.45) is -1.28. The first-order valence-electron chi connectivity index (χ1n) is 9.80. The van der Waals surface area contributed by atoms with Crippen LogP contribution in [0, 0.1) is 13.8 Å². The number of amides is 2. The molecule has 0 aliphatic rings. The minimum Gasteiger partial charge on any atom is -0.481 e. The zero-order valence-electron chi connectivity index (χ0n) is 17.7. The third-order valence-corrected chi connectivity index (χ3v) is 4.50. The molecule has 0 saturated heterocycles. The van der Waals surface area contributed by atoms with Crippen molar-refractivity contribution in [2.75, 3.05) is 6.54 Å². The van der Waals surface area contributed by atoms with Crippen LogP contribution in [0.4, 0.5) is 0 Å². The quantitative estimate of drug-likeness (QED) is 0.680. The lowest BCUT2D eigenvalue weighted by atomic mass is 10.2. The van der Waals surface area contributed by atoms with Gasteiger partial charge in [0, 0.05) is 12.6 Å². The fourth-order valence-electron chi connectivity index (χ4n) is 2.67. The predicted octanol–water partition coefficient (Wildman–Crippen LogP) is 3.16. The molecule has 0 heterocycles. The van der Waals surface area contributed by atoms with Crippen molar-refractivity contribution >= 4 is 11.8 Å². The van der Waals surface area contributed by atoms with Gasteiger partial charge >= 0.3 is 0 Å². The molecule has 0 radical (unpaired) electrons. The van der Waals surface area contributed by atoms with Gasteiger partial charge in [0.2, 0.25) is 0 Å². The number of aryl methyl sites for hydroxylation is 2. The molecule has 0 saturated carbocycles. The largest absolute Gasteiger partial charge is 0.481 e. The van der Waals surface area contributed by atoms with Crippen molar-refractivity contribution in [1.29, 1.82) is 0 Å². The lowest BCUT2D eigenvalue weighted by molar-refractivity contribution is -0.129. The highest BCUT2D eigenvalue weighted by Gasteiger charge is 2.20. The molecule has 3 atom stereocenters. The van der Waals surface area contributed by atoms with Crippen LogP contribution in [0.15, 0.2) is 48.5 Å². The lowest BCUT2D eigenvalue weighted by Crippen LogP contribution is -2.48. The molecule has 0 aromatic heterocycles. The molecule has 0 fully saturated rings. The van der Waals surface area contributed by atoms with Gasteiger partial charge < -0.3 is 20.1 Å². The van der Waals surface area contributed by atoms with Crippen molar-refractivity contribution in [2.45, 2.75) is 52.9 Å². The summed E-state index contributed by atoms with van der Waals surface area (Å²) in [6.45, 7) is 9.37. The second-order valence-corrected chi connectivity index (χ2v) is 7.21. The van der Waals surface area contributed by atoms with Crippen LogP contribution in [0.5, 0.6) is 11.5 Å². The topological polar surface area (TPSA) is 76.7 Å².